The largest absolute Gasteiger partial charge is 0.465 e. The van der Waals surface area contributed by atoms with E-state index >= 15 is 0 Å². The summed E-state index contributed by atoms with van der Waals surface area (Å²) in [7, 11) is -3.50. The summed E-state index contributed by atoms with van der Waals surface area (Å²) in [4.78, 5) is 0. The first-order chi connectivity index (χ1) is 11.0. The standard InChI is InChI=1S/C16H26N2O4S/c1-3-17(12-14-6-5-11-21-14)23(19,20)18-10-4-7-15(18)16-9-8-13(2)22-16/h8-9,14-15H,3-7,10-12H2,1-2H3/t14-,15-/m1/s1. The summed E-state index contributed by atoms with van der Waals surface area (Å²) in [6.45, 7) is 5.96. The molecule has 2 fully saturated rings. The topological polar surface area (TPSA) is 63.0 Å². The molecular weight excluding hydrogens is 316 g/mol. The second kappa shape index (κ2) is 6.93. The van der Waals surface area contributed by atoms with Gasteiger partial charge < -0.3 is 9.15 Å². The third-order valence-corrected chi connectivity index (χ3v) is 6.79. The van der Waals surface area contributed by atoms with E-state index in [1.165, 1.54) is 0 Å². The van der Waals surface area contributed by atoms with Crippen molar-refractivity contribution < 1.29 is 17.6 Å². The van der Waals surface area contributed by atoms with E-state index in [0.717, 1.165) is 43.8 Å². The Balaban J connectivity index is 1.78. The van der Waals surface area contributed by atoms with Crippen LogP contribution in [0.4, 0.5) is 0 Å². The number of nitrogens with zero attached hydrogens (tertiary/aromatic N) is 2. The molecule has 0 N–H and O–H groups in total. The SMILES string of the molecule is CCN(C[C@H]1CCCO1)S(=O)(=O)N1CCC[C@@H]1c1ccc(C)o1. The molecule has 2 aliphatic rings. The zero-order chi connectivity index (χ0) is 16.4. The maximum Gasteiger partial charge on any atom is 0.282 e. The van der Waals surface area contributed by atoms with E-state index in [1.807, 2.05) is 26.0 Å². The van der Waals surface area contributed by atoms with Crippen LogP contribution < -0.4 is 0 Å². The monoisotopic (exact) mass is 342 g/mol. The van der Waals surface area contributed by atoms with Crippen LogP contribution in [0, 0.1) is 6.92 Å². The van der Waals surface area contributed by atoms with Crippen LogP contribution in [0.2, 0.25) is 0 Å². The highest BCUT2D eigenvalue weighted by Crippen LogP contribution is 2.36. The van der Waals surface area contributed by atoms with Crippen LogP contribution in [0.25, 0.3) is 0 Å². The third-order valence-electron chi connectivity index (χ3n) is 4.70. The van der Waals surface area contributed by atoms with E-state index in [-0.39, 0.29) is 12.1 Å². The van der Waals surface area contributed by atoms with Gasteiger partial charge in [0.1, 0.15) is 11.5 Å². The van der Waals surface area contributed by atoms with Crippen molar-refractivity contribution in [2.24, 2.45) is 0 Å². The molecule has 0 amide bonds. The Kier molecular flexibility index (Phi) is 5.10. The molecule has 0 saturated carbocycles. The zero-order valence-electron chi connectivity index (χ0n) is 13.9. The average Bonchev–Trinajstić information content (AvgIpc) is 3.25. The van der Waals surface area contributed by atoms with Gasteiger partial charge in [-0.2, -0.15) is 17.0 Å². The number of ether oxygens (including phenoxy) is 1. The quantitative estimate of drug-likeness (QED) is 0.797. The summed E-state index contributed by atoms with van der Waals surface area (Å²) >= 11 is 0. The fourth-order valence-electron chi connectivity index (χ4n) is 3.48. The van der Waals surface area contributed by atoms with Crippen molar-refractivity contribution in [3.63, 3.8) is 0 Å². The van der Waals surface area contributed by atoms with E-state index in [0.29, 0.717) is 19.6 Å². The highest BCUT2D eigenvalue weighted by molar-refractivity contribution is 7.86. The molecule has 3 heterocycles. The Morgan fingerprint density at radius 2 is 2.13 bits per heavy atom. The fourth-order valence-corrected chi connectivity index (χ4v) is 5.35. The molecule has 3 rings (SSSR count). The van der Waals surface area contributed by atoms with Crippen LogP contribution in [0.1, 0.15) is 50.2 Å². The summed E-state index contributed by atoms with van der Waals surface area (Å²) in [5, 5.41) is 0. The highest BCUT2D eigenvalue weighted by Gasteiger charge is 2.40. The molecule has 0 aliphatic carbocycles. The lowest BCUT2D eigenvalue weighted by atomic mass is 10.2. The predicted molar refractivity (Wildman–Crippen MR) is 87.3 cm³/mol. The van der Waals surface area contributed by atoms with Crippen LogP contribution in [0.15, 0.2) is 16.5 Å². The first kappa shape index (κ1) is 17.0. The minimum Gasteiger partial charge on any atom is -0.465 e. The number of likely N-dealkylation sites (N-methyl/N-ethyl adjacent to an activating group) is 1. The second-order valence-electron chi connectivity index (χ2n) is 6.31. The molecule has 6 nitrogen and oxygen atoms in total. The van der Waals surface area contributed by atoms with Crippen LogP contribution in [-0.4, -0.2) is 49.4 Å². The zero-order valence-corrected chi connectivity index (χ0v) is 14.7. The molecular formula is C16H26N2O4S. The van der Waals surface area contributed by atoms with Crippen molar-refractivity contribution in [3.8, 4) is 0 Å². The minimum atomic E-state index is -3.50. The van der Waals surface area contributed by atoms with E-state index in [1.54, 1.807) is 8.61 Å². The van der Waals surface area contributed by atoms with Gasteiger partial charge >= 0.3 is 0 Å². The molecule has 2 atom stereocenters. The summed E-state index contributed by atoms with van der Waals surface area (Å²) in [6.07, 6.45) is 3.65. The average molecular weight is 342 g/mol. The molecule has 0 aromatic carbocycles. The molecule has 2 aliphatic heterocycles. The third kappa shape index (κ3) is 3.47. The van der Waals surface area contributed by atoms with Crippen molar-refractivity contribution in [3.05, 3.63) is 23.7 Å². The van der Waals surface area contributed by atoms with E-state index in [9.17, 15) is 8.42 Å². The predicted octanol–water partition coefficient (Wildman–Crippen LogP) is 2.47. The summed E-state index contributed by atoms with van der Waals surface area (Å²) in [6, 6.07) is 3.60. The molecule has 23 heavy (non-hydrogen) atoms. The van der Waals surface area contributed by atoms with Gasteiger partial charge in [-0.25, -0.2) is 0 Å². The lowest BCUT2D eigenvalue weighted by molar-refractivity contribution is 0.0928. The molecule has 7 heteroatoms. The Bertz CT molecular complexity index is 622. The maximum atomic E-state index is 13.1. The summed E-state index contributed by atoms with van der Waals surface area (Å²) in [5.74, 6) is 1.56. The molecule has 0 spiro atoms. The van der Waals surface area contributed by atoms with Crippen LogP contribution in [0.3, 0.4) is 0 Å². The van der Waals surface area contributed by atoms with Gasteiger partial charge in [-0.1, -0.05) is 6.92 Å². The van der Waals surface area contributed by atoms with Gasteiger partial charge in [0.05, 0.1) is 12.1 Å². The minimum absolute atomic E-state index is 0.0247. The van der Waals surface area contributed by atoms with Crippen LogP contribution in [0.5, 0.6) is 0 Å². The van der Waals surface area contributed by atoms with Crippen molar-refractivity contribution >= 4 is 10.2 Å². The van der Waals surface area contributed by atoms with Gasteiger partial charge in [0.2, 0.25) is 0 Å². The smallest absolute Gasteiger partial charge is 0.282 e. The van der Waals surface area contributed by atoms with Gasteiger partial charge in [-0.05, 0) is 44.7 Å². The maximum absolute atomic E-state index is 13.1. The van der Waals surface area contributed by atoms with Crippen molar-refractivity contribution in [1.82, 2.24) is 8.61 Å². The van der Waals surface area contributed by atoms with Crippen molar-refractivity contribution in [1.29, 1.82) is 0 Å². The Labute approximate surface area is 138 Å². The molecule has 2 saturated heterocycles. The Morgan fingerprint density at radius 3 is 2.74 bits per heavy atom. The molecule has 0 radical (unpaired) electrons. The number of rotatable bonds is 6. The number of hydrogen-bond donors (Lipinski definition) is 0. The summed E-state index contributed by atoms with van der Waals surface area (Å²) < 4.78 is 40.7. The normalized spacial score (nSPS) is 26.4. The van der Waals surface area contributed by atoms with Crippen molar-refractivity contribution in [2.75, 3.05) is 26.2 Å². The van der Waals surface area contributed by atoms with E-state index in [2.05, 4.69) is 0 Å². The molecule has 1 aromatic heterocycles. The molecule has 0 bridgehead atoms. The first-order valence-electron chi connectivity index (χ1n) is 8.47. The van der Waals surface area contributed by atoms with Gasteiger partial charge in [-0.15, -0.1) is 0 Å². The van der Waals surface area contributed by atoms with Gasteiger partial charge in [0, 0.05) is 26.2 Å². The van der Waals surface area contributed by atoms with Crippen LogP contribution >= 0.6 is 0 Å². The van der Waals surface area contributed by atoms with Gasteiger partial charge in [-0.3, -0.25) is 0 Å². The highest BCUT2D eigenvalue weighted by atomic mass is 32.2. The number of aryl methyl sites for hydroxylation is 1. The van der Waals surface area contributed by atoms with Gasteiger partial charge in [0.25, 0.3) is 10.2 Å². The molecule has 0 unspecified atom stereocenters. The van der Waals surface area contributed by atoms with Crippen molar-refractivity contribution in [2.45, 2.75) is 51.7 Å². The Morgan fingerprint density at radius 1 is 1.30 bits per heavy atom. The van der Waals surface area contributed by atoms with Gasteiger partial charge in [0.15, 0.2) is 0 Å². The van der Waals surface area contributed by atoms with Crippen LogP contribution in [-0.2, 0) is 14.9 Å². The summed E-state index contributed by atoms with van der Waals surface area (Å²) in [5.41, 5.74) is 0. The molecule has 130 valence electrons. The second-order valence-corrected chi connectivity index (χ2v) is 8.19. The molecule has 1 aromatic rings. The van der Waals surface area contributed by atoms with E-state index < -0.39 is 10.2 Å². The van der Waals surface area contributed by atoms with E-state index in [4.69, 9.17) is 9.15 Å². The number of furan rings is 1. The lowest BCUT2D eigenvalue weighted by Gasteiger charge is -2.30. The fraction of sp³-hybridized carbons (Fsp3) is 0.750. The lowest BCUT2D eigenvalue weighted by Crippen LogP contribution is -2.46. The first-order valence-corrected chi connectivity index (χ1v) is 9.87. The Hall–Kier alpha value is -0.890. The number of hydrogen-bond acceptors (Lipinski definition) is 4.